The maximum absolute atomic E-state index is 6.07. The van der Waals surface area contributed by atoms with Crippen molar-refractivity contribution in [1.29, 1.82) is 0 Å². The van der Waals surface area contributed by atoms with Crippen LogP contribution in [0.2, 0.25) is 5.02 Å². The molecule has 0 amide bonds. The molecule has 2 atom stereocenters. The second kappa shape index (κ2) is 6.61. The fourth-order valence-electron chi connectivity index (χ4n) is 1.94. The minimum absolute atomic E-state index is 0.125. The van der Waals surface area contributed by atoms with Crippen LogP contribution in [0.4, 0.5) is 0 Å². The summed E-state index contributed by atoms with van der Waals surface area (Å²) in [5.41, 5.74) is 8.34. The van der Waals surface area contributed by atoms with E-state index in [-0.39, 0.29) is 12.1 Å². The zero-order valence-corrected chi connectivity index (χ0v) is 13.8. The normalized spacial score (nSPS) is 13.8. The van der Waals surface area contributed by atoms with E-state index in [9.17, 15) is 0 Å². The number of ether oxygens (including phenoxy) is 1. The van der Waals surface area contributed by atoms with E-state index in [4.69, 9.17) is 22.1 Å². The van der Waals surface area contributed by atoms with Gasteiger partial charge in [0.15, 0.2) is 0 Å². The van der Waals surface area contributed by atoms with Gasteiger partial charge in [0.1, 0.15) is 11.9 Å². The first-order chi connectivity index (χ1) is 9.47. The minimum atomic E-state index is -0.201. The van der Waals surface area contributed by atoms with Crippen molar-refractivity contribution in [2.45, 2.75) is 26.0 Å². The quantitative estimate of drug-likeness (QED) is 0.849. The topological polar surface area (TPSA) is 35.2 Å². The molecule has 106 valence electrons. The highest BCUT2D eigenvalue weighted by Gasteiger charge is 2.19. The largest absolute Gasteiger partial charge is 0.483 e. The van der Waals surface area contributed by atoms with Crippen molar-refractivity contribution in [1.82, 2.24) is 0 Å². The van der Waals surface area contributed by atoms with E-state index in [1.807, 2.05) is 31.2 Å². The van der Waals surface area contributed by atoms with Crippen molar-refractivity contribution in [3.05, 3.63) is 63.1 Å². The molecule has 2 rings (SSSR count). The van der Waals surface area contributed by atoms with Gasteiger partial charge in [0.05, 0.1) is 4.47 Å². The summed E-state index contributed by atoms with van der Waals surface area (Å²) >= 11 is 9.40. The molecule has 0 aliphatic heterocycles. The summed E-state index contributed by atoms with van der Waals surface area (Å²) in [5, 5.41) is 0.664. The molecule has 4 heteroatoms. The fourth-order valence-corrected chi connectivity index (χ4v) is 2.72. The molecule has 20 heavy (non-hydrogen) atoms. The molecule has 0 aliphatic carbocycles. The molecule has 2 N–H and O–H groups in total. The Hall–Kier alpha value is -1.03. The zero-order chi connectivity index (χ0) is 14.7. The Morgan fingerprint density at radius 3 is 2.35 bits per heavy atom. The van der Waals surface area contributed by atoms with E-state index in [1.165, 1.54) is 5.56 Å². The van der Waals surface area contributed by atoms with Gasteiger partial charge in [-0.3, -0.25) is 0 Å². The summed E-state index contributed by atoms with van der Waals surface area (Å²) in [5.74, 6) is 0.734. The molecule has 0 aromatic heterocycles. The summed E-state index contributed by atoms with van der Waals surface area (Å²) in [6.45, 7) is 4.00. The number of nitrogens with two attached hydrogens (primary N) is 1. The van der Waals surface area contributed by atoms with Gasteiger partial charge in [0, 0.05) is 11.1 Å². The smallest absolute Gasteiger partial charge is 0.139 e. The third-order valence-corrected chi connectivity index (χ3v) is 3.89. The van der Waals surface area contributed by atoms with Crippen LogP contribution < -0.4 is 10.5 Å². The molecule has 0 saturated heterocycles. The molecule has 0 saturated carbocycles. The number of benzene rings is 2. The van der Waals surface area contributed by atoms with Crippen LogP contribution in [0.1, 0.15) is 24.2 Å². The molecular weight excluding hydrogens is 338 g/mol. The number of hydrogen-bond acceptors (Lipinski definition) is 2. The predicted molar refractivity (Wildman–Crippen MR) is 87.3 cm³/mol. The van der Waals surface area contributed by atoms with Gasteiger partial charge in [0.2, 0.25) is 0 Å². The first kappa shape index (κ1) is 15.4. The Bertz CT molecular complexity index is 584. The van der Waals surface area contributed by atoms with Crippen molar-refractivity contribution in [2.75, 3.05) is 0 Å². The lowest BCUT2D eigenvalue weighted by molar-refractivity contribution is 0.179. The first-order valence-electron chi connectivity index (χ1n) is 6.41. The van der Waals surface area contributed by atoms with Crippen LogP contribution in [0, 0.1) is 6.92 Å². The Morgan fingerprint density at radius 2 is 1.80 bits per heavy atom. The Labute approximate surface area is 133 Å². The van der Waals surface area contributed by atoms with Crippen molar-refractivity contribution >= 4 is 27.5 Å². The van der Waals surface area contributed by atoms with Crippen molar-refractivity contribution < 1.29 is 4.74 Å². The average Bonchev–Trinajstić information content (AvgIpc) is 2.39. The first-order valence-corrected chi connectivity index (χ1v) is 7.58. The molecule has 0 heterocycles. The molecule has 2 unspecified atom stereocenters. The number of hydrogen-bond donors (Lipinski definition) is 1. The second-order valence-corrected chi connectivity index (χ2v) is 6.17. The Kier molecular flexibility index (Phi) is 5.08. The Balaban J connectivity index is 2.28. The highest BCUT2D eigenvalue weighted by atomic mass is 79.9. The highest BCUT2D eigenvalue weighted by Crippen LogP contribution is 2.32. The van der Waals surface area contributed by atoms with Gasteiger partial charge < -0.3 is 10.5 Å². The molecule has 0 spiro atoms. The summed E-state index contributed by atoms with van der Waals surface area (Å²) < 4.78 is 6.88. The fraction of sp³-hybridized carbons (Fsp3) is 0.250. The van der Waals surface area contributed by atoms with Gasteiger partial charge in [-0.05, 0) is 53.5 Å². The molecular formula is C16H17BrClNO. The van der Waals surface area contributed by atoms with Crippen LogP contribution in [-0.2, 0) is 0 Å². The van der Waals surface area contributed by atoms with Gasteiger partial charge in [-0.2, -0.15) is 0 Å². The van der Waals surface area contributed by atoms with Crippen LogP contribution in [0.25, 0.3) is 0 Å². The van der Waals surface area contributed by atoms with Crippen LogP contribution >= 0.6 is 27.5 Å². The van der Waals surface area contributed by atoms with Crippen LogP contribution in [-0.4, -0.2) is 6.04 Å². The molecule has 0 radical (unpaired) electrons. The molecule has 0 bridgehead atoms. The molecule has 2 nitrogen and oxygen atoms in total. The summed E-state index contributed by atoms with van der Waals surface area (Å²) in [4.78, 5) is 0. The maximum Gasteiger partial charge on any atom is 0.139 e. The lowest BCUT2D eigenvalue weighted by Crippen LogP contribution is -2.29. The van der Waals surface area contributed by atoms with Crippen molar-refractivity contribution in [3.63, 3.8) is 0 Å². The molecule has 0 fully saturated rings. The van der Waals surface area contributed by atoms with Crippen LogP contribution in [0.3, 0.4) is 0 Å². The van der Waals surface area contributed by atoms with Crippen molar-refractivity contribution in [2.24, 2.45) is 5.73 Å². The van der Waals surface area contributed by atoms with Gasteiger partial charge >= 0.3 is 0 Å². The lowest BCUT2D eigenvalue weighted by atomic mass is 10.0. The van der Waals surface area contributed by atoms with E-state index in [0.717, 1.165) is 15.8 Å². The van der Waals surface area contributed by atoms with E-state index in [2.05, 4.69) is 35.0 Å². The third-order valence-electron chi connectivity index (χ3n) is 3.03. The molecule has 0 aliphatic rings. The zero-order valence-electron chi connectivity index (χ0n) is 11.4. The number of aryl methyl sites for hydroxylation is 1. The lowest BCUT2D eigenvalue weighted by Gasteiger charge is -2.24. The second-order valence-electron chi connectivity index (χ2n) is 4.88. The van der Waals surface area contributed by atoms with E-state index in [1.54, 1.807) is 6.07 Å². The van der Waals surface area contributed by atoms with Gasteiger partial charge in [-0.25, -0.2) is 0 Å². The van der Waals surface area contributed by atoms with Gasteiger partial charge in [0.25, 0.3) is 0 Å². The SMILES string of the molecule is Cc1ccc(C(Oc2ccc(Cl)cc2Br)C(C)N)cc1. The number of halogens is 2. The van der Waals surface area contributed by atoms with Gasteiger partial charge in [-0.15, -0.1) is 0 Å². The van der Waals surface area contributed by atoms with Gasteiger partial charge in [-0.1, -0.05) is 41.4 Å². The number of rotatable bonds is 4. The molecule has 2 aromatic rings. The van der Waals surface area contributed by atoms with Crippen LogP contribution in [0.15, 0.2) is 46.9 Å². The summed E-state index contributed by atoms with van der Waals surface area (Å²) in [6, 6.07) is 13.5. The van der Waals surface area contributed by atoms with Crippen LogP contribution in [0.5, 0.6) is 5.75 Å². The average molecular weight is 355 g/mol. The monoisotopic (exact) mass is 353 g/mol. The Morgan fingerprint density at radius 1 is 1.15 bits per heavy atom. The summed E-state index contributed by atoms with van der Waals surface area (Å²) in [7, 11) is 0. The summed E-state index contributed by atoms with van der Waals surface area (Å²) in [6.07, 6.45) is -0.201. The van der Waals surface area contributed by atoms with E-state index < -0.39 is 0 Å². The molecule has 2 aromatic carbocycles. The van der Waals surface area contributed by atoms with E-state index in [0.29, 0.717) is 5.02 Å². The highest BCUT2D eigenvalue weighted by molar-refractivity contribution is 9.10. The van der Waals surface area contributed by atoms with E-state index >= 15 is 0 Å². The van der Waals surface area contributed by atoms with Crippen molar-refractivity contribution in [3.8, 4) is 5.75 Å². The minimum Gasteiger partial charge on any atom is -0.483 e. The maximum atomic E-state index is 6.07. The predicted octanol–water partition coefficient (Wildman–Crippen LogP) is 4.88. The third kappa shape index (κ3) is 3.75. The standard InChI is InChI=1S/C16H17BrClNO/c1-10-3-5-12(6-4-10)16(11(2)19)20-15-8-7-13(18)9-14(15)17/h3-9,11,16H,19H2,1-2H3.